The number of carbonyl (C=O) groups is 1. The van der Waals surface area contributed by atoms with Gasteiger partial charge in [-0.05, 0) is 31.7 Å². The molecule has 0 saturated carbocycles. The van der Waals surface area contributed by atoms with E-state index in [4.69, 9.17) is 10.2 Å². The van der Waals surface area contributed by atoms with Gasteiger partial charge in [0, 0.05) is 26.2 Å². The molecule has 2 aliphatic heterocycles. The number of nitrogens with one attached hydrogen (secondary N) is 1. The molecule has 2 heterocycles. The van der Waals surface area contributed by atoms with Gasteiger partial charge in [-0.15, -0.1) is 0 Å². The monoisotopic (exact) mass is 242 g/mol. The van der Waals surface area contributed by atoms with Gasteiger partial charge < -0.3 is 15.5 Å². The largest absolute Gasteiger partial charge is 0.481 e. The molecule has 2 rings (SSSR count). The summed E-state index contributed by atoms with van der Waals surface area (Å²) in [5, 5.41) is 21.2. The molecule has 0 aromatic carbocycles. The molecule has 3 N–H and O–H groups in total. The fourth-order valence-corrected chi connectivity index (χ4v) is 3.07. The predicted octanol–water partition coefficient (Wildman–Crippen LogP) is -0.102. The van der Waals surface area contributed by atoms with Crippen LogP contribution in [0.3, 0.4) is 0 Å². The number of carboxylic acid groups (broad SMARTS) is 1. The molecule has 1 atom stereocenters. The summed E-state index contributed by atoms with van der Waals surface area (Å²) in [6.07, 6.45) is 3.35. The van der Waals surface area contributed by atoms with E-state index in [1.807, 2.05) is 0 Å². The summed E-state index contributed by atoms with van der Waals surface area (Å²) in [6, 6.07) is 0. The van der Waals surface area contributed by atoms with Gasteiger partial charge in [0.25, 0.3) is 0 Å². The highest BCUT2D eigenvalue weighted by molar-refractivity contribution is 5.68. The van der Waals surface area contributed by atoms with Gasteiger partial charge in [-0.2, -0.15) is 0 Å². The third-order valence-electron chi connectivity index (χ3n) is 4.12. The van der Waals surface area contributed by atoms with Crippen LogP contribution in [0.2, 0.25) is 0 Å². The van der Waals surface area contributed by atoms with Crippen molar-refractivity contribution in [3.8, 4) is 0 Å². The number of aliphatic hydroxyl groups is 1. The Labute approximate surface area is 102 Å². The van der Waals surface area contributed by atoms with Crippen molar-refractivity contribution >= 4 is 5.97 Å². The lowest BCUT2D eigenvalue weighted by Gasteiger charge is -2.52. The molecule has 0 radical (unpaired) electrons. The smallest absolute Gasteiger partial charge is 0.305 e. The fraction of sp³-hybridized carbons (Fsp3) is 0.917. The van der Waals surface area contributed by atoms with Crippen LogP contribution in [0.15, 0.2) is 0 Å². The average Bonchev–Trinajstić information content (AvgIpc) is 2.24. The molecule has 2 saturated heterocycles. The average molecular weight is 242 g/mol. The first-order valence-corrected chi connectivity index (χ1v) is 6.45. The number of hydrogen-bond donors (Lipinski definition) is 3. The fourth-order valence-electron chi connectivity index (χ4n) is 3.07. The summed E-state index contributed by atoms with van der Waals surface area (Å²) in [5.41, 5.74) is -0.167. The Kier molecular flexibility index (Phi) is 4.01. The minimum atomic E-state index is -0.712. The van der Waals surface area contributed by atoms with Crippen LogP contribution in [0, 0.1) is 5.92 Å². The molecule has 17 heavy (non-hydrogen) atoms. The van der Waals surface area contributed by atoms with E-state index in [2.05, 4.69) is 10.2 Å². The molecule has 2 fully saturated rings. The van der Waals surface area contributed by atoms with Crippen LogP contribution in [0.25, 0.3) is 0 Å². The van der Waals surface area contributed by atoms with Gasteiger partial charge in [-0.1, -0.05) is 0 Å². The topological polar surface area (TPSA) is 72.8 Å². The lowest BCUT2D eigenvalue weighted by molar-refractivity contribution is -0.142. The van der Waals surface area contributed by atoms with E-state index < -0.39 is 5.97 Å². The van der Waals surface area contributed by atoms with Crippen LogP contribution in [0.5, 0.6) is 0 Å². The van der Waals surface area contributed by atoms with Crippen molar-refractivity contribution in [1.29, 1.82) is 0 Å². The molecule has 0 bridgehead atoms. The normalized spacial score (nSPS) is 28.6. The van der Waals surface area contributed by atoms with Gasteiger partial charge in [0.2, 0.25) is 0 Å². The van der Waals surface area contributed by atoms with Gasteiger partial charge in [0.1, 0.15) is 0 Å². The summed E-state index contributed by atoms with van der Waals surface area (Å²) in [6.45, 7) is 3.74. The highest BCUT2D eigenvalue weighted by Crippen LogP contribution is 2.31. The Morgan fingerprint density at radius 2 is 2.24 bits per heavy atom. The molecular weight excluding hydrogens is 220 g/mol. The molecule has 0 aliphatic carbocycles. The third kappa shape index (κ3) is 2.78. The summed E-state index contributed by atoms with van der Waals surface area (Å²) in [4.78, 5) is 13.3. The third-order valence-corrected chi connectivity index (χ3v) is 4.12. The Hall–Kier alpha value is -0.650. The zero-order valence-corrected chi connectivity index (χ0v) is 10.2. The second-order valence-electron chi connectivity index (χ2n) is 5.36. The number of aliphatic hydroxyl groups excluding tert-OH is 1. The van der Waals surface area contributed by atoms with Gasteiger partial charge in [-0.25, -0.2) is 0 Å². The maximum Gasteiger partial charge on any atom is 0.305 e. The van der Waals surface area contributed by atoms with Gasteiger partial charge >= 0.3 is 5.97 Å². The molecule has 0 aromatic rings. The second-order valence-corrected chi connectivity index (χ2v) is 5.36. The minimum Gasteiger partial charge on any atom is -0.481 e. The molecule has 0 amide bonds. The zero-order chi connectivity index (χ0) is 12.3. The Bertz CT molecular complexity index is 277. The number of nitrogens with zero attached hydrogens (tertiary/aromatic N) is 1. The second kappa shape index (κ2) is 5.33. The number of aliphatic carboxylic acids is 1. The number of piperidine rings is 1. The number of hydrogen-bond acceptors (Lipinski definition) is 4. The predicted molar refractivity (Wildman–Crippen MR) is 63.9 cm³/mol. The van der Waals surface area contributed by atoms with Crippen molar-refractivity contribution in [1.82, 2.24) is 10.2 Å². The summed E-state index contributed by atoms with van der Waals surface area (Å²) in [5.74, 6) is -0.184. The van der Waals surface area contributed by atoms with Crippen LogP contribution in [0.4, 0.5) is 0 Å². The maximum absolute atomic E-state index is 11.0. The molecule has 0 spiro atoms. The highest BCUT2D eigenvalue weighted by Gasteiger charge is 2.45. The van der Waals surface area contributed by atoms with Crippen molar-refractivity contribution < 1.29 is 15.0 Å². The van der Waals surface area contributed by atoms with Crippen LogP contribution >= 0.6 is 0 Å². The maximum atomic E-state index is 11.0. The number of carboxylic acids is 1. The minimum absolute atomic E-state index is 0.167. The van der Waals surface area contributed by atoms with E-state index in [-0.39, 0.29) is 18.6 Å². The van der Waals surface area contributed by atoms with Crippen LogP contribution in [-0.4, -0.2) is 59.4 Å². The van der Waals surface area contributed by atoms with Crippen LogP contribution < -0.4 is 5.32 Å². The van der Waals surface area contributed by atoms with Crippen LogP contribution in [-0.2, 0) is 4.79 Å². The number of likely N-dealkylation sites (tertiary alicyclic amines) is 1. The molecule has 0 aromatic heterocycles. The van der Waals surface area contributed by atoms with E-state index in [0.29, 0.717) is 5.92 Å². The molecular formula is C12H22N2O3. The molecule has 5 nitrogen and oxygen atoms in total. The quantitative estimate of drug-likeness (QED) is 0.628. The van der Waals surface area contributed by atoms with E-state index in [0.717, 1.165) is 45.4 Å². The van der Waals surface area contributed by atoms with Gasteiger partial charge in [0.05, 0.1) is 12.0 Å². The summed E-state index contributed by atoms with van der Waals surface area (Å²) < 4.78 is 0. The first-order chi connectivity index (χ1) is 8.16. The molecule has 1 unspecified atom stereocenters. The summed E-state index contributed by atoms with van der Waals surface area (Å²) in [7, 11) is 0. The van der Waals surface area contributed by atoms with Crippen molar-refractivity contribution in [2.75, 3.05) is 32.8 Å². The Morgan fingerprint density at radius 3 is 2.76 bits per heavy atom. The Balaban J connectivity index is 1.96. The first kappa shape index (κ1) is 12.8. The van der Waals surface area contributed by atoms with Crippen molar-refractivity contribution in [2.45, 2.75) is 31.2 Å². The standard InChI is InChI=1S/C12H22N2O3/c15-5-3-10-2-1-4-14(7-10)12(6-11(16)17)8-13-9-12/h10,13,15H,1-9H2,(H,16,17). The van der Waals surface area contributed by atoms with Crippen LogP contribution in [0.1, 0.15) is 25.7 Å². The van der Waals surface area contributed by atoms with E-state index in [9.17, 15) is 4.79 Å². The number of rotatable bonds is 5. The Morgan fingerprint density at radius 1 is 1.47 bits per heavy atom. The van der Waals surface area contributed by atoms with Crippen molar-refractivity contribution in [2.24, 2.45) is 5.92 Å². The van der Waals surface area contributed by atoms with Gasteiger partial charge in [0.15, 0.2) is 0 Å². The molecule has 5 heteroatoms. The highest BCUT2D eigenvalue weighted by atomic mass is 16.4. The lowest BCUT2D eigenvalue weighted by Crippen LogP contribution is -2.70. The zero-order valence-electron chi connectivity index (χ0n) is 10.2. The van der Waals surface area contributed by atoms with Crippen molar-refractivity contribution in [3.05, 3.63) is 0 Å². The first-order valence-electron chi connectivity index (χ1n) is 6.45. The van der Waals surface area contributed by atoms with Gasteiger partial charge in [-0.3, -0.25) is 9.69 Å². The van der Waals surface area contributed by atoms with E-state index >= 15 is 0 Å². The molecule has 98 valence electrons. The van der Waals surface area contributed by atoms with E-state index in [1.54, 1.807) is 0 Å². The SMILES string of the molecule is O=C(O)CC1(N2CCCC(CCO)C2)CNC1. The van der Waals surface area contributed by atoms with Crippen molar-refractivity contribution in [3.63, 3.8) is 0 Å². The lowest BCUT2D eigenvalue weighted by atomic mass is 9.82. The molecule has 2 aliphatic rings. The summed E-state index contributed by atoms with van der Waals surface area (Å²) >= 11 is 0. The van der Waals surface area contributed by atoms with E-state index in [1.165, 1.54) is 0 Å².